The Kier molecular flexibility index (Phi) is 7.56. The summed E-state index contributed by atoms with van der Waals surface area (Å²) in [4.78, 5) is 29.8. The molecule has 0 fully saturated rings. The molecule has 9 heteroatoms. The van der Waals surface area contributed by atoms with Crippen LogP contribution in [0.3, 0.4) is 0 Å². The number of esters is 1. The minimum Gasteiger partial charge on any atom is -0.497 e. The summed E-state index contributed by atoms with van der Waals surface area (Å²) in [5, 5.41) is 8.77. The molecule has 1 atom stereocenters. The molecule has 0 aliphatic heterocycles. The summed E-state index contributed by atoms with van der Waals surface area (Å²) in [7, 11) is 1.56. The first-order valence-corrected chi connectivity index (χ1v) is 10.4. The number of hydrogen-bond acceptors (Lipinski definition) is 8. The van der Waals surface area contributed by atoms with Gasteiger partial charge in [0.15, 0.2) is 0 Å². The van der Waals surface area contributed by atoms with Crippen molar-refractivity contribution in [2.24, 2.45) is 0 Å². The van der Waals surface area contributed by atoms with Gasteiger partial charge in [-0.15, -0.1) is 11.3 Å². The van der Waals surface area contributed by atoms with Gasteiger partial charge < -0.3 is 19.3 Å². The number of rotatable bonds is 10. The van der Waals surface area contributed by atoms with Gasteiger partial charge in [0.05, 0.1) is 31.1 Å². The van der Waals surface area contributed by atoms with Crippen molar-refractivity contribution in [1.29, 1.82) is 0 Å². The van der Waals surface area contributed by atoms with Crippen LogP contribution < -0.4 is 10.1 Å². The molecule has 0 saturated carbocycles. The Morgan fingerprint density at radius 1 is 1.27 bits per heavy atom. The number of methoxy groups -OCH3 is 1. The summed E-state index contributed by atoms with van der Waals surface area (Å²) in [5.74, 6) is 0.919. The van der Waals surface area contributed by atoms with Crippen molar-refractivity contribution in [1.82, 2.24) is 15.5 Å². The first-order valence-electron chi connectivity index (χ1n) is 9.54. The standard InChI is InChI=1S/C21H23N3O5S/c1-3-28-20(26)13-16(14-6-4-7-15(12-14)27-2)22-18(25)9-10-19-23-21(24-29-19)17-8-5-11-30-17/h4-8,11-12,16H,3,9-10,13H2,1-2H3,(H,22,25). The van der Waals surface area contributed by atoms with E-state index in [-0.39, 0.29) is 31.3 Å². The number of thiophene rings is 1. The van der Waals surface area contributed by atoms with E-state index in [1.54, 1.807) is 26.2 Å². The second-order valence-corrected chi connectivity index (χ2v) is 7.34. The number of carbonyl (C=O) groups is 2. The smallest absolute Gasteiger partial charge is 0.308 e. The quantitative estimate of drug-likeness (QED) is 0.492. The zero-order valence-corrected chi connectivity index (χ0v) is 17.6. The van der Waals surface area contributed by atoms with Crippen molar-refractivity contribution < 1.29 is 23.6 Å². The van der Waals surface area contributed by atoms with Crippen LogP contribution in [-0.2, 0) is 20.7 Å². The van der Waals surface area contributed by atoms with Crippen LogP contribution in [0.5, 0.6) is 5.75 Å². The molecule has 0 saturated heterocycles. The Labute approximate surface area is 178 Å². The number of nitrogens with one attached hydrogen (secondary N) is 1. The van der Waals surface area contributed by atoms with Crippen molar-refractivity contribution >= 4 is 23.2 Å². The second-order valence-electron chi connectivity index (χ2n) is 6.39. The zero-order chi connectivity index (χ0) is 21.3. The molecule has 1 amide bonds. The first kappa shape index (κ1) is 21.5. The Morgan fingerprint density at radius 3 is 2.87 bits per heavy atom. The fraction of sp³-hybridized carbons (Fsp3) is 0.333. The molecule has 3 rings (SSSR count). The molecular weight excluding hydrogens is 406 g/mol. The average Bonchev–Trinajstić information content (AvgIpc) is 3.44. The number of amides is 1. The minimum absolute atomic E-state index is 0.0236. The molecule has 3 aromatic rings. The van der Waals surface area contributed by atoms with Crippen LogP contribution in [0.2, 0.25) is 0 Å². The lowest BCUT2D eigenvalue weighted by Crippen LogP contribution is -2.30. The molecule has 0 bridgehead atoms. The Bertz CT molecular complexity index is 971. The van der Waals surface area contributed by atoms with E-state index in [0.717, 1.165) is 10.4 Å². The second kappa shape index (κ2) is 10.5. The molecule has 0 radical (unpaired) electrons. The number of hydrogen-bond donors (Lipinski definition) is 1. The highest BCUT2D eigenvalue weighted by molar-refractivity contribution is 7.13. The number of nitrogens with zero attached hydrogens (tertiary/aromatic N) is 2. The fourth-order valence-corrected chi connectivity index (χ4v) is 3.50. The maximum Gasteiger partial charge on any atom is 0.308 e. The van der Waals surface area contributed by atoms with E-state index in [0.29, 0.717) is 23.9 Å². The molecule has 2 aromatic heterocycles. The van der Waals surface area contributed by atoms with E-state index >= 15 is 0 Å². The van der Waals surface area contributed by atoms with Gasteiger partial charge in [-0.25, -0.2) is 0 Å². The number of ether oxygens (including phenoxy) is 2. The first-order chi connectivity index (χ1) is 14.6. The number of aryl methyl sites for hydroxylation is 1. The Hall–Kier alpha value is -3.20. The average molecular weight is 429 g/mol. The van der Waals surface area contributed by atoms with Crippen LogP contribution in [0.15, 0.2) is 46.3 Å². The van der Waals surface area contributed by atoms with Crippen LogP contribution >= 0.6 is 11.3 Å². The number of benzene rings is 1. The molecule has 30 heavy (non-hydrogen) atoms. The van der Waals surface area contributed by atoms with E-state index in [9.17, 15) is 9.59 Å². The van der Waals surface area contributed by atoms with Crippen LogP contribution in [0.4, 0.5) is 0 Å². The van der Waals surface area contributed by atoms with Crippen LogP contribution in [-0.4, -0.2) is 35.7 Å². The highest BCUT2D eigenvalue weighted by Gasteiger charge is 2.20. The third-order valence-electron chi connectivity index (χ3n) is 4.28. The topological polar surface area (TPSA) is 104 Å². The van der Waals surface area contributed by atoms with Gasteiger partial charge in [0.1, 0.15) is 5.75 Å². The number of aromatic nitrogens is 2. The predicted octanol–water partition coefficient (Wildman–Crippen LogP) is 3.55. The molecule has 158 valence electrons. The molecule has 1 unspecified atom stereocenters. The van der Waals surface area contributed by atoms with Crippen molar-refractivity contribution in [3.05, 3.63) is 53.2 Å². The summed E-state index contributed by atoms with van der Waals surface area (Å²) < 4.78 is 15.5. The number of carbonyl (C=O) groups excluding carboxylic acids is 2. The largest absolute Gasteiger partial charge is 0.497 e. The monoisotopic (exact) mass is 429 g/mol. The van der Waals surface area contributed by atoms with Gasteiger partial charge in [-0.1, -0.05) is 23.4 Å². The lowest BCUT2D eigenvalue weighted by atomic mass is 10.0. The molecule has 2 heterocycles. The molecule has 0 aliphatic carbocycles. The maximum atomic E-state index is 12.5. The molecule has 1 N–H and O–H groups in total. The maximum absolute atomic E-state index is 12.5. The normalized spacial score (nSPS) is 11.7. The molecule has 0 aliphatic rings. The summed E-state index contributed by atoms with van der Waals surface area (Å²) >= 11 is 1.51. The predicted molar refractivity (Wildman–Crippen MR) is 111 cm³/mol. The summed E-state index contributed by atoms with van der Waals surface area (Å²) in [6.45, 7) is 2.02. The minimum atomic E-state index is -0.531. The van der Waals surface area contributed by atoms with Crippen LogP contribution in [0.25, 0.3) is 10.7 Å². The molecule has 0 spiro atoms. The van der Waals surface area contributed by atoms with E-state index in [4.69, 9.17) is 14.0 Å². The highest BCUT2D eigenvalue weighted by atomic mass is 32.1. The van der Waals surface area contributed by atoms with Crippen molar-refractivity contribution in [3.8, 4) is 16.5 Å². The highest BCUT2D eigenvalue weighted by Crippen LogP contribution is 2.23. The molecule has 1 aromatic carbocycles. The third-order valence-corrected chi connectivity index (χ3v) is 5.15. The van der Waals surface area contributed by atoms with Gasteiger partial charge in [-0.2, -0.15) is 4.98 Å². The van der Waals surface area contributed by atoms with E-state index in [1.165, 1.54) is 11.3 Å². The fourth-order valence-electron chi connectivity index (χ4n) is 2.85. The van der Waals surface area contributed by atoms with Gasteiger partial charge in [-0.3, -0.25) is 9.59 Å². The lowest BCUT2D eigenvalue weighted by molar-refractivity contribution is -0.143. The lowest BCUT2D eigenvalue weighted by Gasteiger charge is -2.19. The molecular formula is C21H23N3O5S. The summed E-state index contributed by atoms with van der Waals surface area (Å²) in [5.41, 5.74) is 0.758. The zero-order valence-electron chi connectivity index (χ0n) is 16.8. The Morgan fingerprint density at radius 2 is 2.13 bits per heavy atom. The van der Waals surface area contributed by atoms with E-state index in [1.807, 2.05) is 29.6 Å². The van der Waals surface area contributed by atoms with Gasteiger partial charge in [0.25, 0.3) is 0 Å². The van der Waals surface area contributed by atoms with E-state index in [2.05, 4.69) is 15.5 Å². The van der Waals surface area contributed by atoms with Gasteiger partial charge in [0.2, 0.25) is 17.6 Å². The van der Waals surface area contributed by atoms with Gasteiger partial charge in [-0.05, 0) is 36.1 Å². The third kappa shape index (κ3) is 5.90. The Balaban J connectivity index is 1.62. The van der Waals surface area contributed by atoms with Crippen molar-refractivity contribution in [2.75, 3.05) is 13.7 Å². The summed E-state index contributed by atoms with van der Waals surface area (Å²) in [6.07, 6.45) is 0.472. The SMILES string of the molecule is CCOC(=O)CC(NC(=O)CCc1nc(-c2cccs2)no1)c1cccc(OC)c1. The van der Waals surface area contributed by atoms with Crippen LogP contribution in [0.1, 0.15) is 37.3 Å². The van der Waals surface area contributed by atoms with Crippen molar-refractivity contribution in [2.45, 2.75) is 32.2 Å². The van der Waals surface area contributed by atoms with Crippen molar-refractivity contribution in [3.63, 3.8) is 0 Å². The van der Waals surface area contributed by atoms with Gasteiger partial charge in [0, 0.05) is 12.8 Å². The van der Waals surface area contributed by atoms with E-state index < -0.39 is 6.04 Å². The summed E-state index contributed by atoms with van der Waals surface area (Å²) in [6, 6.07) is 10.5. The molecule has 8 nitrogen and oxygen atoms in total. The van der Waals surface area contributed by atoms with Gasteiger partial charge >= 0.3 is 5.97 Å². The van der Waals surface area contributed by atoms with Crippen LogP contribution in [0, 0.1) is 0 Å².